The predicted octanol–water partition coefficient (Wildman–Crippen LogP) is 4.25. The highest BCUT2D eigenvalue weighted by Crippen LogP contribution is 2.29. The molecule has 1 aromatic heterocycles. The largest absolute Gasteiger partial charge is 0.481 e. The van der Waals surface area contributed by atoms with Gasteiger partial charge < -0.3 is 9.52 Å². The van der Waals surface area contributed by atoms with Gasteiger partial charge in [0.1, 0.15) is 5.76 Å². The molecule has 0 saturated carbocycles. The smallest absolute Gasteiger partial charge is 0.306 e. The van der Waals surface area contributed by atoms with Crippen LogP contribution in [0.25, 0.3) is 11.5 Å². The highest BCUT2D eigenvalue weighted by Gasteiger charge is 2.25. The molecule has 1 N–H and O–H groups in total. The molecule has 24 heavy (non-hydrogen) atoms. The third-order valence-electron chi connectivity index (χ3n) is 4.37. The zero-order valence-electron chi connectivity index (χ0n) is 13.3. The molecule has 0 unspecified atom stereocenters. The zero-order chi connectivity index (χ0) is 17.3. The molecule has 128 valence electrons. The summed E-state index contributed by atoms with van der Waals surface area (Å²) in [5, 5.41) is 10.0. The van der Waals surface area contributed by atoms with Crippen LogP contribution in [0.2, 0.25) is 10.0 Å². The second kappa shape index (κ2) is 7.13. The maximum absolute atomic E-state index is 11.0. The fourth-order valence-electron chi connectivity index (χ4n) is 2.88. The molecule has 0 radical (unpaired) electrons. The predicted molar refractivity (Wildman–Crippen MR) is 92.3 cm³/mol. The number of hydrogen-bond acceptors (Lipinski definition) is 4. The Bertz CT molecular complexity index is 752. The van der Waals surface area contributed by atoms with Gasteiger partial charge in [0, 0.05) is 12.1 Å². The van der Waals surface area contributed by atoms with Crippen molar-refractivity contribution in [2.45, 2.75) is 26.3 Å². The number of halogens is 2. The summed E-state index contributed by atoms with van der Waals surface area (Å²) < 4.78 is 5.76. The number of aryl methyl sites for hydroxylation is 1. The fourth-order valence-corrected chi connectivity index (χ4v) is 3.18. The Morgan fingerprint density at radius 2 is 2.04 bits per heavy atom. The summed E-state index contributed by atoms with van der Waals surface area (Å²) in [6.45, 7) is 4.05. The topological polar surface area (TPSA) is 66.6 Å². The lowest BCUT2D eigenvalue weighted by molar-refractivity contribution is -0.143. The van der Waals surface area contributed by atoms with Gasteiger partial charge in [0.25, 0.3) is 0 Å². The fraction of sp³-hybridized carbons (Fsp3) is 0.412. The number of benzene rings is 1. The maximum Gasteiger partial charge on any atom is 0.306 e. The van der Waals surface area contributed by atoms with Crippen LogP contribution in [0.5, 0.6) is 0 Å². The average molecular weight is 369 g/mol. The number of oxazole rings is 1. The first-order valence-electron chi connectivity index (χ1n) is 7.81. The van der Waals surface area contributed by atoms with Gasteiger partial charge in [-0.15, -0.1) is 0 Å². The Kier molecular flexibility index (Phi) is 5.13. The number of aromatic nitrogens is 1. The molecule has 0 atom stereocenters. The summed E-state index contributed by atoms with van der Waals surface area (Å²) in [7, 11) is 0. The van der Waals surface area contributed by atoms with Crippen LogP contribution in [0.1, 0.15) is 24.3 Å². The van der Waals surface area contributed by atoms with Crippen molar-refractivity contribution in [2.24, 2.45) is 5.92 Å². The number of piperidine rings is 1. The van der Waals surface area contributed by atoms with Crippen molar-refractivity contribution >= 4 is 29.2 Å². The van der Waals surface area contributed by atoms with E-state index in [4.69, 9.17) is 32.7 Å². The molecule has 1 saturated heterocycles. The van der Waals surface area contributed by atoms with Crippen molar-refractivity contribution in [3.63, 3.8) is 0 Å². The molecule has 1 fully saturated rings. The molecule has 0 bridgehead atoms. The van der Waals surface area contributed by atoms with E-state index in [1.807, 2.05) is 13.0 Å². The third kappa shape index (κ3) is 3.74. The summed E-state index contributed by atoms with van der Waals surface area (Å²) in [4.78, 5) is 17.8. The second-order valence-corrected chi connectivity index (χ2v) is 6.85. The van der Waals surface area contributed by atoms with Crippen molar-refractivity contribution in [1.82, 2.24) is 9.88 Å². The number of rotatable bonds is 4. The normalized spacial score (nSPS) is 16.5. The Balaban J connectivity index is 1.71. The average Bonchev–Trinajstić information content (AvgIpc) is 2.91. The van der Waals surface area contributed by atoms with Gasteiger partial charge in [0.15, 0.2) is 0 Å². The first kappa shape index (κ1) is 17.3. The number of likely N-dealkylation sites (tertiary alicyclic amines) is 1. The quantitative estimate of drug-likeness (QED) is 0.873. The Morgan fingerprint density at radius 1 is 1.33 bits per heavy atom. The highest BCUT2D eigenvalue weighted by atomic mass is 35.5. The molecule has 2 aromatic rings. The van der Waals surface area contributed by atoms with Crippen molar-refractivity contribution < 1.29 is 14.3 Å². The molecular weight excluding hydrogens is 351 g/mol. The molecule has 7 heteroatoms. The van der Waals surface area contributed by atoms with Crippen LogP contribution >= 0.6 is 23.2 Å². The lowest BCUT2D eigenvalue weighted by Crippen LogP contribution is -2.36. The molecule has 3 rings (SSSR count). The van der Waals surface area contributed by atoms with Gasteiger partial charge in [-0.25, -0.2) is 4.98 Å². The Hall–Kier alpha value is -1.56. The lowest BCUT2D eigenvalue weighted by atomic mass is 9.97. The monoisotopic (exact) mass is 368 g/mol. The molecule has 5 nitrogen and oxygen atoms in total. The summed E-state index contributed by atoms with van der Waals surface area (Å²) in [6, 6.07) is 5.27. The summed E-state index contributed by atoms with van der Waals surface area (Å²) in [5.74, 6) is 0.346. The van der Waals surface area contributed by atoms with Gasteiger partial charge in [-0.3, -0.25) is 9.69 Å². The first-order valence-corrected chi connectivity index (χ1v) is 8.56. The van der Waals surface area contributed by atoms with Gasteiger partial charge >= 0.3 is 5.97 Å². The van der Waals surface area contributed by atoms with Crippen LogP contribution in [0, 0.1) is 12.8 Å². The molecule has 2 heterocycles. The second-order valence-electron chi connectivity index (χ2n) is 6.04. The molecule has 0 spiro atoms. The zero-order valence-corrected chi connectivity index (χ0v) is 14.8. The van der Waals surface area contributed by atoms with Gasteiger partial charge in [-0.2, -0.15) is 0 Å². The molecule has 1 aliphatic rings. The molecular formula is C17H18Cl2N2O3. The van der Waals surface area contributed by atoms with Gasteiger partial charge in [-0.1, -0.05) is 23.2 Å². The van der Waals surface area contributed by atoms with E-state index >= 15 is 0 Å². The van der Waals surface area contributed by atoms with E-state index in [-0.39, 0.29) is 5.92 Å². The van der Waals surface area contributed by atoms with E-state index < -0.39 is 5.97 Å². The SMILES string of the molecule is Cc1oc(-c2ccc(Cl)c(Cl)c2)nc1CN1CCC(C(=O)O)CC1. The van der Waals surface area contributed by atoms with Gasteiger partial charge in [0.2, 0.25) is 5.89 Å². The van der Waals surface area contributed by atoms with Crippen LogP contribution in [0.4, 0.5) is 0 Å². The van der Waals surface area contributed by atoms with Crippen LogP contribution in [0.3, 0.4) is 0 Å². The summed E-state index contributed by atoms with van der Waals surface area (Å²) in [6.07, 6.45) is 1.35. The van der Waals surface area contributed by atoms with Crippen LogP contribution in [-0.4, -0.2) is 34.0 Å². The molecule has 1 aliphatic heterocycles. The van der Waals surface area contributed by atoms with Crippen molar-refractivity contribution in [3.05, 3.63) is 39.7 Å². The van der Waals surface area contributed by atoms with E-state index in [9.17, 15) is 4.79 Å². The van der Waals surface area contributed by atoms with Crippen molar-refractivity contribution in [1.29, 1.82) is 0 Å². The number of carbonyl (C=O) groups is 1. The standard InChI is InChI=1S/C17H18Cl2N2O3/c1-10-15(9-21-6-4-11(5-7-21)17(22)23)20-16(24-10)12-2-3-13(18)14(19)8-12/h2-3,8,11H,4-7,9H2,1H3,(H,22,23). The van der Waals surface area contributed by atoms with Gasteiger partial charge in [-0.05, 0) is 51.1 Å². The van der Waals surface area contributed by atoms with Crippen LogP contribution in [0.15, 0.2) is 22.6 Å². The highest BCUT2D eigenvalue weighted by molar-refractivity contribution is 6.42. The minimum Gasteiger partial charge on any atom is -0.481 e. The van der Waals surface area contributed by atoms with E-state index in [1.54, 1.807) is 12.1 Å². The van der Waals surface area contributed by atoms with Crippen molar-refractivity contribution in [3.8, 4) is 11.5 Å². The Morgan fingerprint density at radius 3 is 2.67 bits per heavy atom. The van der Waals surface area contributed by atoms with Gasteiger partial charge in [0.05, 0.1) is 21.7 Å². The number of nitrogens with zero attached hydrogens (tertiary/aromatic N) is 2. The molecule has 1 aromatic carbocycles. The molecule has 0 aliphatic carbocycles. The summed E-state index contributed by atoms with van der Waals surface area (Å²) >= 11 is 12.0. The van der Waals surface area contributed by atoms with Crippen LogP contribution in [-0.2, 0) is 11.3 Å². The number of carboxylic acids is 1. The Labute approximate surface area is 150 Å². The van der Waals surface area contributed by atoms with E-state index in [0.29, 0.717) is 35.3 Å². The van der Waals surface area contributed by atoms with E-state index in [1.165, 1.54) is 0 Å². The first-order chi connectivity index (χ1) is 11.4. The summed E-state index contributed by atoms with van der Waals surface area (Å²) in [5.41, 5.74) is 1.65. The number of carboxylic acid groups (broad SMARTS) is 1. The van der Waals surface area contributed by atoms with E-state index in [2.05, 4.69) is 9.88 Å². The number of hydrogen-bond donors (Lipinski definition) is 1. The van der Waals surface area contributed by atoms with E-state index in [0.717, 1.165) is 30.1 Å². The third-order valence-corrected chi connectivity index (χ3v) is 5.11. The minimum absolute atomic E-state index is 0.230. The van der Waals surface area contributed by atoms with Crippen molar-refractivity contribution in [2.75, 3.05) is 13.1 Å². The number of aliphatic carboxylic acids is 1. The van der Waals surface area contributed by atoms with Crippen LogP contribution < -0.4 is 0 Å². The lowest BCUT2D eigenvalue weighted by Gasteiger charge is -2.29. The molecule has 0 amide bonds. The minimum atomic E-state index is -0.700. The maximum atomic E-state index is 11.0.